The van der Waals surface area contributed by atoms with E-state index >= 15 is 0 Å². The molecule has 24 heavy (non-hydrogen) atoms. The lowest BCUT2D eigenvalue weighted by atomic mass is 10.1. The molecule has 0 bridgehead atoms. The second-order valence-corrected chi connectivity index (χ2v) is 4.84. The van der Waals surface area contributed by atoms with Crippen molar-refractivity contribution in [2.45, 2.75) is 32.0 Å². The van der Waals surface area contributed by atoms with Gasteiger partial charge in [0, 0.05) is 0 Å². The van der Waals surface area contributed by atoms with E-state index in [4.69, 9.17) is 5.11 Å². The zero-order valence-corrected chi connectivity index (χ0v) is 12.7. The van der Waals surface area contributed by atoms with Crippen LogP contribution in [0.2, 0.25) is 0 Å². The number of esters is 1. The minimum Gasteiger partial charge on any atom is -0.480 e. The minimum atomic E-state index is -4.54. The van der Waals surface area contributed by atoms with E-state index in [1.54, 1.807) is 6.92 Å². The van der Waals surface area contributed by atoms with Crippen molar-refractivity contribution in [2.24, 2.45) is 0 Å². The van der Waals surface area contributed by atoms with Crippen LogP contribution in [-0.2, 0) is 31.7 Å². The Morgan fingerprint density at radius 3 is 2.50 bits per heavy atom. The quantitative estimate of drug-likeness (QED) is 0.734. The van der Waals surface area contributed by atoms with Crippen LogP contribution in [-0.4, -0.2) is 35.6 Å². The summed E-state index contributed by atoms with van der Waals surface area (Å²) in [7, 11) is 0. The van der Waals surface area contributed by atoms with Gasteiger partial charge in [-0.1, -0.05) is 18.2 Å². The third kappa shape index (κ3) is 6.27. The predicted molar refractivity (Wildman–Crippen MR) is 76.0 cm³/mol. The monoisotopic (exact) mass is 347 g/mol. The van der Waals surface area contributed by atoms with E-state index in [0.29, 0.717) is 0 Å². The van der Waals surface area contributed by atoms with Crippen LogP contribution in [0.15, 0.2) is 24.3 Å². The zero-order chi connectivity index (χ0) is 18.3. The van der Waals surface area contributed by atoms with E-state index in [0.717, 1.165) is 18.2 Å². The molecule has 0 saturated carbocycles. The van der Waals surface area contributed by atoms with Crippen molar-refractivity contribution in [2.75, 3.05) is 6.61 Å². The molecule has 0 aliphatic rings. The van der Waals surface area contributed by atoms with Crippen LogP contribution in [0.5, 0.6) is 0 Å². The normalized spacial score (nSPS) is 12.3. The van der Waals surface area contributed by atoms with Crippen LogP contribution in [0.3, 0.4) is 0 Å². The summed E-state index contributed by atoms with van der Waals surface area (Å²) in [5.41, 5.74) is -0.836. The van der Waals surface area contributed by atoms with Crippen LogP contribution in [0.25, 0.3) is 0 Å². The van der Waals surface area contributed by atoms with Gasteiger partial charge in [0.1, 0.15) is 6.04 Å². The molecule has 0 aliphatic heterocycles. The number of alkyl halides is 3. The first-order valence-corrected chi connectivity index (χ1v) is 6.97. The number of hydrogen-bond donors (Lipinski definition) is 2. The fraction of sp³-hybridized carbons (Fsp3) is 0.400. The van der Waals surface area contributed by atoms with E-state index in [1.165, 1.54) is 6.07 Å². The second kappa shape index (κ2) is 8.32. The highest BCUT2D eigenvalue weighted by molar-refractivity contribution is 5.88. The topological polar surface area (TPSA) is 92.7 Å². The number of aliphatic carboxylic acids is 1. The largest absolute Gasteiger partial charge is 0.480 e. The molecule has 0 saturated heterocycles. The Kier molecular flexibility index (Phi) is 6.75. The van der Waals surface area contributed by atoms with Crippen LogP contribution in [0, 0.1) is 0 Å². The maximum Gasteiger partial charge on any atom is 0.416 e. The molecule has 132 valence electrons. The number of carbonyl (C=O) groups is 3. The van der Waals surface area contributed by atoms with Gasteiger partial charge in [-0.2, -0.15) is 13.2 Å². The molecule has 0 fully saturated rings. The maximum absolute atomic E-state index is 12.6. The van der Waals surface area contributed by atoms with Gasteiger partial charge >= 0.3 is 18.1 Å². The van der Waals surface area contributed by atoms with E-state index in [9.17, 15) is 27.6 Å². The molecule has 1 amide bonds. The highest BCUT2D eigenvalue weighted by Crippen LogP contribution is 2.29. The number of carbonyl (C=O) groups excluding carboxylic acids is 2. The number of hydrogen-bond acceptors (Lipinski definition) is 4. The molecule has 0 radical (unpaired) electrons. The lowest BCUT2D eigenvalue weighted by Gasteiger charge is -2.14. The van der Waals surface area contributed by atoms with Crippen LogP contribution in [0.1, 0.15) is 24.5 Å². The summed E-state index contributed by atoms with van der Waals surface area (Å²) in [6.07, 6.45) is -5.56. The molecule has 1 rings (SSSR count). The van der Waals surface area contributed by atoms with Crippen molar-refractivity contribution >= 4 is 17.8 Å². The minimum absolute atomic E-state index is 0.0589. The van der Waals surface area contributed by atoms with Gasteiger partial charge in [0.2, 0.25) is 5.91 Å². The van der Waals surface area contributed by atoms with Crippen molar-refractivity contribution in [1.82, 2.24) is 5.32 Å². The number of amides is 1. The first kappa shape index (κ1) is 19.5. The maximum atomic E-state index is 12.6. The number of carboxylic acid groups (broad SMARTS) is 1. The highest BCUT2D eigenvalue weighted by Gasteiger charge is 2.30. The summed E-state index contributed by atoms with van der Waals surface area (Å²) in [6, 6.07) is 2.62. The number of nitrogens with one attached hydrogen (secondary N) is 1. The Labute approximate surface area is 135 Å². The smallest absolute Gasteiger partial charge is 0.416 e. The second-order valence-electron chi connectivity index (χ2n) is 4.84. The average molecular weight is 347 g/mol. The molecule has 2 N–H and O–H groups in total. The van der Waals surface area contributed by atoms with Gasteiger partial charge < -0.3 is 15.2 Å². The fourth-order valence-corrected chi connectivity index (χ4v) is 1.88. The summed E-state index contributed by atoms with van der Waals surface area (Å²) >= 11 is 0. The van der Waals surface area contributed by atoms with E-state index in [1.807, 2.05) is 0 Å². The zero-order valence-electron chi connectivity index (χ0n) is 12.7. The van der Waals surface area contributed by atoms with Gasteiger partial charge in [-0.05, 0) is 18.6 Å². The fourth-order valence-electron chi connectivity index (χ4n) is 1.88. The Hall–Kier alpha value is -2.58. The summed E-state index contributed by atoms with van der Waals surface area (Å²) < 4.78 is 42.4. The SMILES string of the molecule is CCOC(=O)C[C@@H](NC(=O)Cc1cccc(C(F)(F)F)c1)C(=O)O. The Balaban J connectivity index is 2.73. The van der Waals surface area contributed by atoms with Crippen molar-refractivity contribution < 1.29 is 37.4 Å². The molecule has 0 aliphatic carbocycles. The van der Waals surface area contributed by atoms with Crippen LogP contribution in [0.4, 0.5) is 13.2 Å². The first-order valence-electron chi connectivity index (χ1n) is 6.97. The Morgan fingerprint density at radius 2 is 1.96 bits per heavy atom. The van der Waals surface area contributed by atoms with E-state index < -0.39 is 48.5 Å². The van der Waals surface area contributed by atoms with Gasteiger partial charge in [0.15, 0.2) is 0 Å². The van der Waals surface area contributed by atoms with Crippen molar-refractivity contribution in [3.8, 4) is 0 Å². The molecular weight excluding hydrogens is 331 g/mol. The standard InChI is InChI=1S/C15H16F3NO5/c1-2-24-13(21)8-11(14(22)23)19-12(20)7-9-4-3-5-10(6-9)15(16,17)18/h3-6,11H,2,7-8H2,1H3,(H,19,20)(H,22,23)/t11-/m1/s1. The van der Waals surface area contributed by atoms with Gasteiger partial charge in [0.05, 0.1) is 25.0 Å². The molecule has 0 spiro atoms. The molecule has 6 nitrogen and oxygen atoms in total. The molecule has 1 atom stereocenters. The molecule has 1 aromatic carbocycles. The average Bonchev–Trinajstić information content (AvgIpc) is 2.46. The summed E-state index contributed by atoms with van der Waals surface area (Å²) in [6.45, 7) is 1.60. The number of carboxylic acids is 1. The van der Waals surface area contributed by atoms with Crippen molar-refractivity contribution in [3.63, 3.8) is 0 Å². The number of ether oxygens (including phenoxy) is 1. The van der Waals surface area contributed by atoms with Gasteiger partial charge in [-0.25, -0.2) is 4.79 Å². The molecule has 9 heteroatoms. The lowest BCUT2D eigenvalue weighted by Crippen LogP contribution is -2.43. The van der Waals surface area contributed by atoms with Crippen molar-refractivity contribution in [1.29, 1.82) is 0 Å². The molecular formula is C15H16F3NO5. The van der Waals surface area contributed by atoms with Crippen LogP contribution >= 0.6 is 0 Å². The summed E-state index contributed by atoms with van der Waals surface area (Å²) in [5, 5.41) is 11.1. The highest BCUT2D eigenvalue weighted by atomic mass is 19.4. The van der Waals surface area contributed by atoms with E-state index in [-0.39, 0.29) is 12.2 Å². The van der Waals surface area contributed by atoms with Gasteiger partial charge in [0.25, 0.3) is 0 Å². The molecule has 0 unspecified atom stereocenters. The van der Waals surface area contributed by atoms with Crippen molar-refractivity contribution in [3.05, 3.63) is 35.4 Å². The van der Waals surface area contributed by atoms with E-state index in [2.05, 4.69) is 10.1 Å². The third-order valence-corrected chi connectivity index (χ3v) is 2.93. The number of benzene rings is 1. The summed E-state index contributed by atoms with van der Waals surface area (Å²) in [4.78, 5) is 34.2. The molecule has 1 aromatic rings. The molecule has 0 aromatic heterocycles. The first-order chi connectivity index (χ1) is 11.1. The Morgan fingerprint density at radius 1 is 1.29 bits per heavy atom. The molecule has 0 heterocycles. The van der Waals surface area contributed by atoms with Crippen LogP contribution < -0.4 is 5.32 Å². The lowest BCUT2D eigenvalue weighted by molar-refractivity contribution is -0.150. The third-order valence-electron chi connectivity index (χ3n) is 2.93. The predicted octanol–water partition coefficient (Wildman–Crippen LogP) is 1.77. The number of rotatable bonds is 7. The summed E-state index contributed by atoms with van der Waals surface area (Å²) in [5.74, 6) is -3.06. The number of halogens is 3. The Bertz CT molecular complexity index is 615. The van der Waals surface area contributed by atoms with Gasteiger partial charge in [-0.15, -0.1) is 0 Å². The van der Waals surface area contributed by atoms with Gasteiger partial charge in [-0.3, -0.25) is 9.59 Å².